The Morgan fingerprint density at radius 1 is 1.39 bits per heavy atom. The average Bonchev–Trinajstić information content (AvgIpc) is 2.71. The number of anilines is 1. The Hall–Kier alpha value is -0.800. The van der Waals surface area contributed by atoms with Crippen LogP contribution in [-0.4, -0.2) is 38.1 Å². The highest BCUT2D eigenvalue weighted by atomic mass is 35.5. The van der Waals surface area contributed by atoms with Crippen LogP contribution in [0.1, 0.15) is 12.5 Å². The summed E-state index contributed by atoms with van der Waals surface area (Å²) in [6.45, 7) is 4.23. The second-order valence-corrected chi connectivity index (χ2v) is 5.59. The number of hydrogen-bond donors (Lipinski definition) is 0. The van der Waals surface area contributed by atoms with Gasteiger partial charge in [-0.05, 0) is 43.8 Å². The fourth-order valence-corrected chi connectivity index (χ4v) is 3.00. The Morgan fingerprint density at radius 3 is 2.67 bits per heavy atom. The fourth-order valence-electron chi connectivity index (χ4n) is 2.79. The second kappa shape index (κ2) is 5.45. The van der Waals surface area contributed by atoms with Gasteiger partial charge in [0.05, 0.1) is 0 Å². The lowest BCUT2D eigenvalue weighted by atomic mass is 10.1. The van der Waals surface area contributed by atoms with Crippen molar-refractivity contribution in [3.63, 3.8) is 0 Å². The van der Waals surface area contributed by atoms with E-state index in [1.807, 2.05) is 6.07 Å². The first-order valence-corrected chi connectivity index (χ1v) is 6.82. The van der Waals surface area contributed by atoms with E-state index in [2.05, 4.69) is 30.8 Å². The summed E-state index contributed by atoms with van der Waals surface area (Å²) in [4.78, 5) is 4.57. The molecule has 1 heterocycles. The van der Waals surface area contributed by atoms with Crippen molar-refractivity contribution in [3.8, 4) is 0 Å². The Kier molecular flexibility index (Phi) is 4.13. The molecule has 1 aliphatic rings. The van der Waals surface area contributed by atoms with Gasteiger partial charge in [0.25, 0.3) is 0 Å². The normalized spacial score (nSPS) is 24.0. The minimum atomic E-state index is -0.217. The number of rotatable bonds is 3. The molecule has 2 rings (SSSR count). The van der Waals surface area contributed by atoms with Gasteiger partial charge < -0.3 is 9.80 Å². The predicted octanol–water partition coefficient (Wildman–Crippen LogP) is 2.95. The molecule has 0 amide bonds. The SMILES string of the molecule is CC1CN(c2ccc(F)cc2CCl)CC1N(C)C. The molecule has 1 aliphatic heterocycles. The van der Waals surface area contributed by atoms with Gasteiger partial charge in [-0.15, -0.1) is 11.6 Å². The molecule has 2 unspecified atom stereocenters. The van der Waals surface area contributed by atoms with Crippen molar-refractivity contribution in [3.05, 3.63) is 29.6 Å². The molecule has 1 aromatic rings. The Labute approximate surface area is 113 Å². The number of benzene rings is 1. The van der Waals surface area contributed by atoms with Gasteiger partial charge in [-0.2, -0.15) is 0 Å². The van der Waals surface area contributed by atoms with E-state index in [1.165, 1.54) is 12.1 Å². The van der Waals surface area contributed by atoms with Crippen molar-refractivity contribution < 1.29 is 4.39 Å². The zero-order valence-corrected chi connectivity index (χ0v) is 11.9. The molecule has 0 aromatic heterocycles. The highest BCUT2D eigenvalue weighted by Crippen LogP contribution is 2.30. The van der Waals surface area contributed by atoms with Crippen LogP contribution in [0.3, 0.4) is 0 Å². The second-order valence-electron chi connectivity index (χ2n) is 5.32. The van der Waals surface area contributed by atoms with Crippen LogP contribution in [0, 0.1) is 11.7 Å². The summed E-state index contributed by atoms with van der Waals surface area (Å²) in [5.41, 5.74) is 1.95. The topological polar surface area (TPSA) is 6.48 Å². The summed E-state index contributed by atoms with van der Waals surface area (Å²) in [5, 5.41) is 0. The van der Waals surface area contributed by atoms with Gasteiger partial charge in [-0.25, -0.2) is 4.39 Å². The number of hydrogen-bond acceptors (Lipinski definition) is 2. The van der Waals surface area contributed by atoms with Crippen LogP contribution in [0.25, 0.3) is 0 Å². The Bertz CT molecular complexity index is 422. The lowest BCUT2D eigenvalue weighted by molar-refractivity contribution is 0.266. The molecule has 1 saturated heterocycles. The average molecular weight is 271 g/mol. The van der Waals surface area contributed by atoms with Crippen LogP contribution < -0.4 is 4.90 Å². The maximum Gasteiger partial charge on any atom is 0.123 e. The zero-order valence-electron chi connectivity index (χ0n) is 11.2. The van der Waals surface area contributed by atoms with Crippen molar-refractivity contribution in [1.82, 2.24) is 4.90 Å². The summed E-state index contributed by atoms with van der Waals surface area (Å²) >= 11 is 5.91. The van der Waals surface area contributed by atoms with Crippen LogP contribution in [0.15, 0.2) is 18.2 Å². The number of halogens is 2. The van der Waals surface area contributed by atoms with Crippen LogP contribution in [0.5, 0.6) is 0 Å². The van der Waals surface area contributed by atoms with Gasteiger partial charge in [0.2, 0.25) is 0 Å². The summed E-state index contributed by atoms with van der Waals surface area (Å²) in [6.07, 6.45) is 0. The standard InChI is InChI=1S/C14H20ClFN2/c1-10-8-18(9-14(10)17(2)3)13-5-4-12(16)6-11(13)7-15/h4-6,10,14H,7-9H2,1-3H3. The van der Waals surface area contributed by atoms with Gasteiger partial charge in [0.15, 0.2) is 0 Å². The molecular weight excluding hydrogens is 251 g/mol. The van der Waals surface area contributed by atoms with Crippen LogP contribution in [-0.2, 0) is 5.88 Å². The summed E-state index contributed by atoms with van der Waals surface area (Å²) in [7, 11) is 4.22. The number of nitrogens with zero attached hydrogens (tertiary/aromatic N) is 2. The minimum Gasteiger partial charge on any atom is -0.369 e. The third-order valence-corrected chi connectivity index (χ3v) is 4.05. The molecule has 0 radical (unpaired) electrons. The van der Waals surface area contributed by atoms with Gasteiger partial charge in [-0.1, -0.05) is 6.92 Å². The molecule has 0 aliphatic carbocycles. The molecule has 2 nitrogen and oxygen atoms in total. The molecular formula is C14H20ClFN2. The molecule has 18 heavy (non-hydrogen) atoms. The molecule has 4 heteroatoms. The first kappa shape index (κ1) is 13.6. The van der Waals surface area contributed by atoms with E-state index >= 15 is 0 Å². The van der Waals surface area contributed by atoms with Gasteiger partial charge in [0.1, 0.15) is 5.82 Å². The summed E-state index contributed by atoms with van der Waals surface area (Å²) < 4.78 is 13.2. The molecule has 0 bridgehead atoms. The first-order chi connectivity index (χ1) is 8.52. The van der Waals surface area contributed by atoms with Crippen molar-refractivity contribution in [2.75, 3.05) is 32.1 Å². The number of alkyl halides is 1. The number of likely N-dealkylation sites (N-methyl/N-ethyl adjacent to an activating group) is 1. The maximum absolute atomic E-state index is 13.2. The van der Waals surface area contributed by atoms with E-state index in [1.54, 1.807) is 0 Å². The summed E-state index contributed by atoms with van der Waals surface area (Å²) in [6, 6.07) is 5.44. The highest BCUT2D eigenvalue weighted by molar-refractivity contribution is 6.17. The highest BCUT2D eigenvalue weighted by Gasteiger charge is 2.31. The first-order valence-electron chi connectivity index (χ1n) is 6.28. The quantitative estimate of drug-likeness (QED) is 0.780. The molecule has 1 fully saturated rings. The molecule has 0 N–H and O–H groups in total. The van der Waals surface area contributed by atoms with Crippen LogP contribution in [0.2, 0.25) is 0 Å². The Balaban J connectivity index is 2.23. The lowest BCUT2D eigenvalue weighted by Gasteiger charge is -2.24. The van der Waals surface area contributed by atoms with Gasteiger partial charge in [-0.3, -0.25) is 0 Å². The van der Waals surface area contributed by atoms with E-state index < -0.39 is 0 Å². The van der Waals surface area contributed by atoms with Crippen molar-refractivity contribution in [1.29, 1.82) is 0 Å². The van der Waals surface area contributed by atoms with Crippen molar-refractivity contribution in [2.45, 2.75) is 18.8 Å². The third-order valence-electron chi connectivity index (χ3n) is 3.76. The van der Waals surface area contributed by atoms with Crippen molar-refractivity contribution in [2.24, 2.45) is 5.92 Å². The predicted molar refractivity (Wildman–Crippen MR) is 74.8 cm³/mol. The molecule has 1 aromatic carbocycles. The van der Waals surface area contributed by atoms with Crippen molar-refractivity contribution >= 4 is 17.3 Å². The third kappa shape index (κ3) is 2.62. The monoisotopic (exact) mass is 270 g/mol. The smallest absolute Gasteiger partial charge is 0.123 e. The van der Waals surface area contributed by atoms with Gasteiger partial charge in [0, 0.05) is 30.7 Å². The molecule has 0 spiro atoms. The van der Waals surface area contributed by atoms with E-state index in [-0.39, 0.29) is 5.82 Å². The molecule has 2 atom stereocenters. The van der Waals surface area contributed by atoms with Crippen LogP contribution in [0.4, 0.5) is 10.1 Å². The largest absolute Gasteiger partial charge is 0.369 e. The van der Waals surface area contributed by atoms with E-state index in [4.69, 9.17) is 11.6 Å². The van der Waals surface area contributed by atoms with E-state index in [0.717, 1.165) is 24.3 Å². The van der Waals surface area contributed by atoms with Gasteiger partial charge >= 0.3 is 0 Å². The lowest BCUT2D eigenvalue weighted by Crippen LogP contribution is -2.34. The van der Waals surface area contributed by atoms with E-state index in [9.17, 15) is 4.39 Å². The van der Waals surface area contributed by atoms with E-state index in [0.29, 0.717) is 17.8 Å². The minimum absolute atomic E-state index is 0.217. The molecule has 100 valence electrons. The fraction of sp³-hybridized carbons (Fsp3) is 0.571. The molecule has 0 saturated carbocycles. The maximum atomic E-state index is 13.2. The summed E-state index contributed by atoms with van der Waals surface area (Å²) in [5.74, 6) is 0.740. The Morgan fingerprint density at radius 2 is 2.11 bits per heavy atom. The van der Waals surface area contributed by atoms with Crippen LogP contribution >= 0.6 is 11.6 Å². The zero-order chi connectivity index (χ0) is 13.3.